The van der Waals surface area contributed by atoms with Gasteiger partial charge < -0.3 is 29.9 Å². The molecule has 0 aromatic rings. The Kier molecular flexibility index (Phi) is 15.2. The Bertz CT molecular complexity index is 352. The predicted molar refractivity (Wildman–Crippen MR) is 110 cm³/mol. The summed E-state index contributed by atoms with van der Waals surface area (Å²) in [6.07, 6.45) is 12.1. The number of rotatable bonds is 17. The van der Waals surface area contributed by atoms with Crippen LogP contribution in [0.25, 0.3) is 0 Å². The van der Waals surface area contributed by atoms with E-state index in [-0.39, 0.29) is 0 Å². The van der Waals surface area contributed by atoms with Crippen LogP contribution in [0.4, 0.5) is 0 Å². The Hall–Kier alpha value is -0.240. The second-order valence-electron chi connectivity index (χ2n) is 8.16. The quantitative estimate of drug-likeness (QED) is 0.278. The lowest BCUT2D eigenvalue weighted by atomic mass is 9.99. The molecule has 0 amide bonds. The number of hydrogen-bond acceptors (Lipinski definition) is 6. The van der Waals surface area contributed by atoms with Gasteiger partial charge >= 0.3 is 0 Å². The molecule has 0 radical (unpaired) electrons. The van der Waals surface area contributed by atoms with Crippen molar-refractivity contribution >= 4 is 0 Å². The molecule has 1 aliphatic rings. The fourth-order valence-corrected chi connectivity index (χ4v) is 3.70. The van der Waals surface area contributed by atoms with Crippen LogP contribution in [-0.4, -0.2) is 64.3 Å². The molecular weight excluding hydrogens is 360 g/mol. The molecule has 4 N–H and O–H groups in total. The number of ether oxygens (including phenoxy) is 2. The van der Waals surface area contributed by atoms with Crippen molar-refractivity contribution in [3.63, 3.8) is 0 Å². The highest BCUT2D eigenvalue weighted by Gasteiger charge is 2.43. The molecular formula is C22H44O6. The van der Waals surface area contributed by atoms with Crippen molar-refractivity contribution in [2.24, 2.45) is 0 Å². The van der Waals surface area contributed by atoms with Gasteiger partial charge in [-0.05, 0) is 6.42 Å². The lowest BCUT2D eigenvalue weighted by molar-refractivity contribution is -0.301. The van der Waals surface area contributed by atoms with Crippen LogP contribution in [0, 0.1) is 0 Å². The first-order valence-electron chi connectivity index (χ1n) is 11.5. The van der Waals surface area contributed by atoms with E-state index in [1.54, 1.807) is 0 Å². The first kappa shape index (κ1) is 25.8. The van der Waals surface area contributed by atoms with Gasteiger partial charge in [-0.25, -0.2) is 0 Å². The maximum absolute atomic E-state index is 9.89. The smallest absolute Gasteiger partial charge is 0.186 e. The molecule has 6 heteroatoms. The van der Waals surface area contributed by atoms with Gasteiger partial charge in [-0.1, -0.05) is 90.4 Å². The van der Waals surface area contributed by atoms with Crippen molar-refractivity contribution in [2.45, 2.75) is 128 Å². The summed E-state index contributed by atoms with van der Waals surface area (Å²) in [6, 6.07) is 0. The summed E-state index contributed by atoms with van der Waals surface area (Å²) in [4.78, 5) is 0. The number of hydrogen-bond donors (Lipinski definition) is 4. The summed E-state index contributed by atoms with van der Waals surface area (Å²) in [5.41, 5.74) is 0. The van der Waals surface area contributed by atoms with E-state index in [9.17, 15) is 15.3 Å². The Morgan fingerprint density at radius 2 is 1.11 bits per heavy atom. The second-order valence-corrected chi connectivity index (χ2v) is 8.16. The summed E-state index contributed by atoms with van der Waals surface area (Å²) in [7, 11) is 0. The Balaban J connectivity index is 1.90. The lowest BCUT2D eigenvalue weighted by Crippen LogP contribution is -2.59. The fraction of sp³-hybridized carbons (Fsp3) is 1.00. The number of aliphatic hydroxyl groups excluding tert-OH is 4. The Morgan fingerprint density at radius 3 is 1.57 bits per heavy atom. The molecule has 1 rings (SSSR count). The van der Waals surface area contributed by atoms with Crippen molar-refractivity contribution in [1.29, 1.82) is 0 Å². The molecule has 1 heterocycles. The summed E-state index contributed by atoms with van der Waals surface area (Å²) in [5.74, 6) is 0. The Labute approximate surface area is 171 Å². The van der Waals surface area contributed by atoms with Crippen molar-refractivity contribution in [3.8, 4) is 0 Å². The second kappa shape index (κ2) is 16.5. The van der Waals surface area contributed by atoms with Gasteiger partial charge in [0.2, 0.25) is 0 Å². The van der Waals surface area contributed by atoms with Crippen LogP contribution in [-0.2, 0) is 9.47 Å². The van der Waals surface area contributed by atoms with Gasteiger partial charge in [0.25, 0.3) is 0 Å². The van der Waals surface area contributed by atoms with E-state index in [1.165, 1.54) is 77.0 Å². The standard InChI is InChI=1S/C22H44O6/c1-2-3-4-5-6-7-8-9-10-11-12-13-14-15-16-27-22-21(26)20(25)19(24)18(17-23)28-22/h18-26H,2-17H2,1H3/t18-,19-,20+,21-,22+/m1/s1. The SMILES string of the molecule is CCCCCCCCCCCCCCCCO[C@H]1O[C@H](CO)[C@@H](O)[C@H](O)[C@H]1O. The van der Waals surface area contributed by atoms with Crippen LogP contribution in [0.2, 0.25) is 0 Å². The number of unbranched alkanes of at least 4 members (excludes halogenated alkanes) is 13. The van der Waals surface area contributed by atoms with E-state index in [1.807, 2.05) is 0 Å². The van der Waals surface area contributed by atoms with Crippen molar-refractivity contribution in [3.05, 3.63) is 0 Å². The molecule has 0 aromatic carbocycles. The van der Waals surface area contributed by atoms with Crippen LogP contribution in [0.3, 0.4) is 0 Å². The molecule has 1 aliphatic heterocycles. The third-order valence-electron chi connectivity index (χ3n) is 5.63. The van der Waals surface area contributed by atoms with Crippen molar-refractivity contribution in [2.75, 3.05) is 13.2 Å². The molecule has 28 heavy (non-hydrogen) atoms. The first-order valence-corrected chi connectivity index (χ1v) is 11.5. The third-order valence-corrected chi connectivity index (χ3v) is 5.63. The molecule has 6 nitrogen and oxygen atoms in total. The minimum Gasteiger partial charge on any atom is -0.394 e. The largest absolute Gasteiger partial charge is 0.394 e. The monoisotopic (exact) mass is 404 g/mol. The minimum absolute atomic E-state index is 0.427. The normalized spacial score (nSPS) is 28.0. The van der Waals surface area contributed by atoms with Gasteiger partial charge in [-0.3, -0.25) is 0 Å². The summed E-state index contributed by atoms with van der Waals surface area (Å²) in [6.45, 7) is 2.26. The molecule has 0 bridgehead atoms. The average Bonchev–Trinajstić information content (AvgIpc) is 2.70. The van der Waals surface area contributed by atoms with E-state index in [2.05, 4.69) is 6.92 Å². The molecule has 0 aromatic heterocycles. The zero-order chi connectivity index (χ0) is 20.6. The van der Waals surface area contributed by atoms with Crippen LogP contribution >= 0.6 is 0 Å². The van der Waals surface area contributed by atoms with Crippen LogP contribution in [0.1, 0.15) is 96.8 Å². The average molecular weight is 405 g/mol. The zero-order valence-corrected chi connectivity index (χ0v) is 17.8. The van der Waals surface area contributed by atoms with E-state index in [0.717, 1.165) is 12.8 Å². The fourth-order valence-electron chi connectivity index (χ4n) is 3.70. The van der Waals surface area contributed by atoms with Gasteiger partial charge in [0, 0.05) is 6.61 Å². The predicted octanol–water partition coefficient (Wildman–Crippen LogP) is 3.28. The highest BCUT2D eigenvalue weighted by Crippen LogP contribution is 2.22. The van der Waals surface area contributed by atoms with Crippen LogP contribution < -0.4 is 0 Å². The highest BCUT2D eigenvalue weighted by molar-refractivity contribution is 4.88. The molecule has 1 saturated heterocycles. The lowest BCUT2D eigenvalue weighted by Gasteiger charge is -2.39. The molecule has 0 aliphatic carbocycles. The van der Waals surface area contributed by atoms with Crippen molar-refractivity contribution < 1.29 is 29.9 Å². The maximum atomic E-state index is 9.89. The summed E-state index contributed by atoms with van der Waals surface area (Å²) >= 11 is 0. The van der Waals surface area contributed by atoms with E-state index < -0.39 is 37.3 Å². The molecule has 0 spiro atoms. The van der Waals surface area contributed by atoms with Gasteiger partial charge in [0.15, 0.2) is 6.29 Å². The summed E-state index contributed by atoms with van der Waals surface area (Å²) < 4.78 is 10.8. The number of aliphatic hydroxyl groups is 4. The third kappa shape index (κ3) is 10.5. The zero-order valence-electron chi connectivity index (χ0n) is 17.8. The Morgan fingerprint density at radius 1 is 0.643 bits per heavy atom. The molecule has 0 unspecified atom stereocenters. The minimum atomic E-state index is -1.37. The van der Waals surface area contributed by atoms with E-state index in [4.69, 9.17) is 14.6 Å². The molecule has 0 saturated carbocycles. The van der Waals surface area contributed by atoms with Gasteiger partial charge in [0.1, 0.15) is 24.4 Å². The molecule has 5 atom stereocenters. The topological polar surface area (TPSA) is 99.4 Å². The van der Waals surface area contributed by atoms with Gasteiger partial charge in [-0.15, -0.1) is 0 Å². The first-order chi connectivity index (χ1) is 13.6. The van der Waals surface area contributed by atoms with E-state index in [0.29, 0.717) is 6.61 Å². The highest BCUT2D eigenvalue weighted by atomic mass is 16.7. The van der Waals surface area contributed by atoms with Crippen LogP contribution in [0.15, 0.2) is 0 Å². The van der Waals surface area contributed by atoms with Crippen LogP contribution in [0.5, 0.6) is 0 Å². The van der Waals surface area contributed by atoms with Gasteiger partial charge in [0.05, 0.1) is 6.61 Å². The molecule has 168 valence electrons. The van der Waals surface area contributed by atoms with Gasteiger partial charge in [-0.2, -0.15) is 0 Å². The van der Waals surface area contributed by atoms with E-state index >= 15 is 0 Å². The molecule has 1 fully saturated rings. The van der Waals surface area contributed by atoms with Crippen molar-refractivity contribution in [1.82, 2.24) is 0 Å². The summed E-state index contributed by atoms with van der Waals surface area (Å²) in [5, 5.41) is 38.5. The maximum Gasteiger partial charge on any atom is 0.186 e.